The normalized spacial score (nSPS) is 12.3. The van der Waals surface area contributed by atoms with E-state index in [0.29, 0.717) is 37.3 Å². The van der Waals surface area contributed by atoms with Gasteiger partial charge in [0.05, 0.1) is 18.0 Å². The monoisotopic (exact) mass is 509 g/mol. The molecule has 0 saturated heterocycles. The molecule has 0 aliphatic heterocycles. The van der Waals surface area contributed by atoms with E-state index in [9.17, 15) is 9.90 Å². The van der Waals surface area contributed by atoms with Gasteiger partial charge in [-0.25, -0.2) is 4.98 Å². The fourth-order valence-corrected chi connectivity index (χ4v) is 5.64. The minimum absolute atomic E-state index is 0.126. The highest BCUT2D eigenvalue weighted by atomic mass is 32.1. The van der Waals surface area contributed by atoms with E-state index in [2.05, 4.69) is 54.1 Å². The highest BCUT2D eigenvalue weighted by Crippen LogP contribution is 2.31. The molecule has 0 radical (unpaired) electrons. The molecule has 3 aromatic carbocycles. The van der Waals surface area contributed by atoms with Crippen LogP contribution in [0.5, 0.6) is 0 Å². The third-order valence-electron chi connectivity index (χ3n) is 6.72. The molecule has 2 heterocycles. The summed E-state index contributed by atoms with van der Waals surface area (Å²) in [5.41, 5.74) is 6.49. The number of hydrogen-bond donors (Lipinski definition) is 2. The van der Waals surface area contributed by atoms with Crippen molar-refractivity contribution in [1.29, 1.82) is 0 Å². The molecule has 0 amide bonds. The fraction of sp³-hybridized carbons (Fsp3) is 0.226. The standard InChI is InChI=1S/C31H31N3O2S/c1-21-13-14-25(15-22(21)2)27-20-37-31-29(27)30(36)32-28(33-31)19-34(17-24-11-7-4-8-12-24)18-26(35)16-23-9-5-3-6-10-23/h3-15,20,26,35H,16-19H2,1-2H3,(H,32,33,36). The summed E-state index contributed by atoms with van der Waals surface area (Å²) in [6.07, 6.45) is 0.0269. The molecule has 0 spiro atoms. The zero-order valence-corrected chi connectivity index (χ0v) is 22.0. The number of H-pyrrole nitrogens is 1. The number of aryl methyl sites for hydroxylation is 2. The van der Waals surface area contributed by atoms with Gasteiger partial charge in [0.15, 0.2) is 0 Å². The number of aromatic amines is 1. The Morgan fingerprint density at radius 3 is 2.32 bits per heavy atom. The van der Waals surface area contributed by atoms with Crippen LogP contribution in [0.4, 0.5) is 0 Å². The average molecular weight is 510 g/mol. The number of rotatable bonds is 9. The maximum Gasteiger partial charge on any atom is 0.260 e. The molecular weight excluding hydrogens is 478 g/mol. The van der Waals surface area contributed by atoms with Crippen LogP contribution in [0.2, 0.25) is 0 Å². The van der Waals surface area contributed by atoms with Gasteiger partial charge < -0.3 is 10.1 Å². The van der Waals surface area contributed by atoms with Gasteiger partial charge in [0.2, 0.25) is 0 Å². The number of aromatic nitrogens is 2. The largest absolute Gasteiger partial charge is 0.391 e. The van der Waals surface area contributed by atoms with E-state index in [1.165, 1.54) is 22.5 Å². The zero-order valence-electron chi connectivity index (χ0n) is 21.1. The van der Waals surface area contributed by atoms with Gasteiger partial charge >= 0.3 is 0 Å². The van der Waals surface area contributed by atoms with Gasteiger partial charge in [0.25, 0.3) is 5.56 Å². The summed E-state index contributed by atoms with van der Waals surface area (Å²) in [6.45, 7) is 5.71. The topological polar surface area (TPSA) is 69.2 Å². The summed E-state index contributed by atoms with van der Waals surface area (Å²) < 4.78 is 0. The van der Waals surface area contributed by atoms with Crippen molar-refractivity contribution in [3.8, 4) is 11.1 Å². The van der Waals surface area contributed by atoms with Gasteiger partial charge in [-0.15, -0.1) is 11.3 Å². The SMILES string of the molecule is Cc1ccc(-c2csc3nc(CN(Cc4ccccc4)CC(O)Cc4ccccc4)[nH]c(=O)c23)cc1C. The molecule has 0 bridgehead atoms. The Kier molecular flexibility index (Phi) is 7.60. The van der Waals surface area contributed by atoms with E-state index in [4.69, 9.17) is 4.98 Å². The molecule has 1 atom stereocenters. The molecule has 0 saturated carbocycles. The zero-order chi connectivity index (χ0) is 25.8. The lowest BCUT2D eigenvalue weighted by molar-refractivity contribution is 0.103. The summed E-state index contributed by atoms with van der Waals surface area (Å²) in [6, 6.07) is 26.5. The average Bonchev–Trinajstić information content (AvgIpc) is 3.31. The first kappa shape index (κ1) is 25.1. The van der Waals surface area contributed by atoms with Crippen molar-refractivity contribution in [2.24, 2.45) is 0 Å². The second-order valence-electron chi connectivity index (χ2n) is 9.64. The van der Waals surface area contributed by atoms with Crippen LogP contribution in [0.15, 0.2) is 89.0 Å². The van der Waals surface area contributed by atoms with E-state index in [1.807, 2.05) is 53.9 Å². The summed E-state index contributed by atoms with van der Waals surface area (Å²) in [5.74, 6) is 0.605. The van der Waals surface area contributed by atoms with E-state index >= 15 is 0 Å². The van der Waals surface area contributed by atoms with E-state index in [1.54, 1.807) is 0 Å². The van der Waals surface area contributed by atoms with Gasteiger partial charge in [-0.1, -0.05) is 78.9 Å². The number of aliphatic hydroxyl groups is 1. The second-order valence-corrected chi connectivity index (χ2v) is 10.5. The highest BCUT2D eigenvalue weighted by Gasteiger charge is 2.18. The summed E-state index contributed by atoms with van der Waals surface area (Å²) in [4.78, 5) is 24.0. The highest BCUT2D eigenvalue weighted by molar-refractivity contribution is 7.17. The van der Waals surface area contributed by atoms with E-state index in [0.717, 1.165) is 27.1 Å². The van der Waals surface area contributed by atoms with Crippen LogP contribution in [0.1, 0.15) is 28.1 Å². The van der Waals surface area contributed by atoms with Crippen LogP contribution >= 0.6 is 11.3 Å². The van der Waals surface area contributed by atoms with Crippen molar-refractivity contribution in [3.05, 3.63) is 123 Å². The maximum atomic E-state index is 13.3. The first-order chi connectivity index (χ1) is 18.0. The molecule has 2 N–H and O–H groups in total. The first-order valence-corrected chi connectivity index (χ1v) is 13.4. The Bertz CT molecular complexity index is 1540. The molecule has 2 aromatic heterocycles. The lowest BCUT2D eigenvalue weighted by Crippen LogP contribution is -2.34. The van der Waals surface area contributed by atoms with Gasteiger partial charge in [-0.3, -0.25) is 9.69 Å². The van der Waals surface area contributed by atoms with Crippen LogP contribution in [0.25, 0.3) is 21.3 Å². The molecule has 5 nitrogen and oxygen atoms in total. The lowest BCUT2D eigenvalue weighted by atomic mass is 10.0. The first-order valence-electron chi connectivity index (χ1n) is 12.5. The van der Waals surface area contributed by atoms with Crippen LogP contribution < -0.4 is 5.56 Å². The second kappa shape index (κ2) is 11.2. The molecule has 5 rings (SSSR count). The number of nitrogens with zero attached hydrogens (tertiary/aromatic N) is 2. The molecule has 37 heavy (non-hydrogen) atoms. The number of hydrogen-bond acceptors (Lipinski definition) is 5. The van der Waals surface area contributed by atoms with Crippen molar-refractivity contribution in [3.63, 3.8) is 0 Å². The van der Waals surface area contributed by atoms with Crippen molar-refractivity contribution in [2.75, 3.05) is 6.54 Å². The summed E-state index contributed by atoms with van der Waals surface area (Å²) in [7, 11) is 0. The molecule has 1 unspecified atom stereocenters. The van der Waals surface area contributed by atoms with Crippen molar-refractivity contribution >= 4 is 21.6 Å². The molecule has 6 heteroatoms. The predicted octanol–water partition coefficient (Wildman–Crippen LogP) is 5.87. The van der Waals surface area contributed by atoms with Crippen molar-refractivity contribution in [1.82, 2.24) is 14.9 Å². The number of aliphatic hydroxyl groups excluding tert-OH is 1. The van der Waals surface area contributed by atoms with Crippen LogP contribution in [-0.2, 0) is 19.5 Å². The number of fused-ring (bicyclic) bond motifs is 1. The van der Waals surface area contributed by atoms with Crippen LogP contribution in [0, 0.1) is 13.8 Å². The Hall–Kier alpha value is -3.58. The molecule has 188 valence electrons. The Labute approximate surface area is 221 Å². The Morgan fingerprint density at radius 1 is 0.919 bits per heavy atom. The molecule has 5 aromatic rings. The molecule has 0 aliphatic rings. The van der Waals surface area contributed by atoms with Crippen LogP contribution in [0.3, 0.4) is 0 Å². The smallest absolute Gasteiger partial charge is 0.260 e. The van der Waals surface area contributed by atoms with Crippen LogP contribution in [-0.4, -0.2) is 32.6 Å². The minimum Gasteiger partial charge on any atom is -0.391 e. The summed E-state index contributed by atoms with van der Waals surface area (Å²) in [5, 5.41) is 13.5. The molecule has 0 aliphatic carbocycles. The Morgan fingerprint density at radius 2 is 1.62 bits per heavy atom. The summed E-state index contributed by atoms with van der Waals surface area (Å²) >= 11 is 1.49. The van der Waals surface area contributed by atoms with Crippen molar-refractivity contribution < 1.29 is 5.11 Å². The minimum atomic E-state index is -0.542. The van der Waals surface area contributed by atoms with E-state index in [-0.39, 0.29) is 5.56 Å². The fourth-order valence-electron chi connectivity index (χ4n) is 4.68. The molecule has 0 fully saturated rings. The van der Waals surface area contributed by atoms with Gasteiger partial charge in [-0.05, 0) is 48.1 Å². The van der Waals surface area contributed by atoms with Gasteiger partial charge in [0.1, 0.15) is 10.7 Å². The maximum absolute atomic E-state index is 13.3. The van der Waals surface area contributed by atoms with Gasteiger partial charge in [-0.2, -0.15) is 0 Å². The lowest BCUT2D eigenvalue weighted by Gasteiger charge is -2.25. The third-order valence-corrected chi connectivity index (χ3v) is 7.59. The number of thiophene rings is 1. The van der Waals surface area contributed by atoms with Crippen molar-refractivity contribution in [2.45, 2.75) is 39.5 Å². The Balaban J connectivity index is 1.41. The quantitative estimate of drug-likeness (QED) is 0.261. The predicted molar refractivity (Wildman–Crippen MR) is 152 cm³/mol. The number of benzene rings is 3. The third kappa shape index (κ3) is 6.05. The molecular formula is C31H31N3O2S. The van der Waals surface area contributed by atoms with Gasteiger partial charge in [0, 0.05) is 24.0 Å². The number of nitrogens with one attached hydrogen (secondary N) is 1. The van der Waals surface area contributed by atoms with E-state index < -0.39 is 6.10 Å².